The third-order valence-corrected chi connectivity index (χ3v) is 3.14. The SMILES string of the molecule is Nc1ccccc1Cn1ncc2ccccc2c1=O. The molecule has 0 amide bonds. The van der Waals surface area contributed by atoms with Gasteiger partial charge in [-0.25, -0.2) is 4.68 Å². The van der Waals surface area contributed by atoms with Gasteiger partial charge in [0.05, 0.1) is 18.1 Å². The van der Waals surface area contributed by atoms with Gasteiger partial charge in [0.2, 0.25) is 0 Å². The smallest absolute Gasteiger partial charge is 0.274 e. The van der Waals surface area contributed by atoms with E-state index in [0.717, 1.165) is 10.9 Å². The number of nitrogens with two attached hydrogens (primary N) is 1. The molecule has 3 rings (SSSR count). The number of anilines is 1. The van der Waals surface area contributed by atoms with Crippen LogP contribution in [0.15, 0.2) is 59.5 Å². The van der Waals surface area contributed by atoms with Crippen LogP contribution in [0.25, 0.3) is 10.8 Å². The van der Waals surface area contributed by atoms with Gasteiger partial charge < -0.3 is 5.73 Å². The molecular weight excluding hydrogens is 238 g/mol. The topological polar surface area (TPSA) is 60.9 Å². The van der Waals surface area contributed by atoms with Gasteiger partial charge in [-0.2, -0.15) is 5.10 Å². The third-order valence-electron chi connectivity index (χ3n) is 3.14. The zero-order valence-electron chi connectivity index (χ0n) is 10.3. The quantitative estimate of drug-likeness (QED) is 0.709. The monoisotopic (exact) mass is 251 g/mol. The summed E-state index contributed by atoms with van der Waals surface area (Å²) < 4.78 is 1.44. The minimum atomic E-state index is -0.0960. The molecule has 0 saturated carbocycles. The van der Waals surface area contributed by atoms with Crippen LogP contribution < -0.4 is 11.3 Å². The molecule has 0 aliphatic carbocycles. The van der Waals surface area contributed by atoms with E-state index < -0.39 is 0 Å². The second-order valence-corrected chi connectivity index (χ2v) is 4.39. The molecule has 4 heteroatoms. The van der Waals surface area contributed by atoms with Crippen LogP contribution in [0, 0.1) is 0 Å². The number of aromatic nitrogens is 2. The van der Waals surface area contributed by atoms with Crippen molar-refractivity contribution in [2.24, 2.45) is 0 Å². The van der Waals surface area contributed by atoms with Gasteiger partial charge >= 0.3 is 0 Å². The van der Waals surface area contributed by atoms with Gasteiger partial charge in [-0.05, 0) is 17.7 Å². The summed E-state index contributed by atoms with van der Waals surface area (Å²) in [5.41, 5.74) is 7.36. The fourth-order valence-electron chi connectivity index (χ4n) is 2.08. The Labute approximate surface area is 110 Å². The van der Waals surface area contributed by atoms with E-state index in [9.17, 15) is 4.79 Å². The Bertz CT molecular complexity index is 792. The molecule has 0 radical (unpaired) electrons. The van der Waals surface area contributed by atoms with Gasteiger partial charge in [0.1, 0.15) is 0 Å². The molecule has 2 N–H and O–H groups in total. The van der Waals surface area contributed by atoms with Crippen LogP contribution in [0.3, 0.4) is 0 Å². The highest BCUT2D eigenvalue weighted by atomic mass is 16.1. The Hall–Kier alpha value is -2.62. The maximum Gasteiger partial charge on any atom is 0.274 e. The first kappa shape index (κ1) is 11.5. The van der Waals surface area contributed by atoms with Crippen molar-refractivity contribution >= 4 is 16.5 Å². The van der Waals surface area contributed by atoms with Crippen LogP contribution in [0.4, 0.5) is 5.69 Å². The van der Waals surface area contributed by atoms with E-state index in [1.54, 1.807) is 6.20 Å². The lowest BCUT2D eigenvalue weighted by atomic mass is 10.1. The zero-order valence-corrected chi connectivity index (χ0v) is 10.3. The van der Waals surface area contributed by atoms with Crippen molar-refractivity contribution in [2.75, 3.05) is 5.73 Å². The summed E-state index contributed by atoms with van der Waals surface area (Å²) in [5.74, 6) is 0. The Kier molecular flexibility index (Phi) is 2.76. The van der Waals surface area contributed by atoms with Crippen molar-refractivity contribution < 1.29 is 0 Å². The Morgan fingerprint density at radius 3 is 2.63 bits per heavy atom. The van der Waals surface area contributed by atoms with E-state index in [1.807, 2.05) is 48.5 Å². The molecule has 0 atom stereocenters. The predicted octanol–water partition coefficient (Wildman–Crippen LogP) is 2.03. The number of nitrogen functional groups attached to an aromatic ring is 1. The van der Waals surface area contributed by atoms with Crippen molar-refractivity contribution in [3.05, 3.63) is 70.6 Å². The van der Waals surface area contributed by atoms with Crippen molar-refractivity contribution in [2.45, 2.75) is 6.54 Å². The molecule has 4 nitrogen and oxygen atoms in total. The highest BCUT2D eigenvalue weighted by Gasteiger charge is 2.05. The average molecular weight is 251 g/mol. The first-order valence-corrected chi connectivity index (χ1v) is 6.04. The molecule has 94 valence electrons. The molecule has 0 spiro atoms. The minimum absolute atomic E-state index is 0.0960. The van der Waals surface area contributed by atoms with Crippen LogP contribution >= 0.6 is 0 Å². The lowest BCUT2D eigenvalue weighted by molar-refractivity contribution is 0.648. The Morgan fingerprint density at radius 1 is 1.05 bits per heavy atom. The van der Waals surface area contributed by atoms with Crippen molar-refractivity contribution in [3.63, 3.8) is 0 Å². The standard InChI is InChI=1S/C15H13N3O/c16-14-8-4-2-6-12(14)10-18-15(19)13-7-3-1-5-11(13)9-17-18/h1-9H,10,16H2. The molecule has 0 aliphatic heterocycles. The summed E-state index contributed by atoms with van der Waals surface area (Å²) in [5, 5.41) is 5.72. The molecule has 1 aromatic heterocycles. The van der Waals surface area contributed by atoms with Crippen LogP contribution in [-0.2, 0) is 6.54 Å². The van der Waals surface area contributed by atoms with E-state index in [1.165, 1.54) is 4.68 Å². The van der Waals surface area contributed by atoms with Crippen LogP contribution in [-0.4, -0.2) is 9.78 Å². The van der Waals surface area contributed by atoms with Crippen molar-refractivity contribution in [1.82, 2.24) is 9.78 Å². The fourth-order valence-corrected chi connectivity index (χ4v) is 2.08. The van der Waals surface area contributed by atoms with Crippen LogP contribution in [0.5, 0.6) is 0 Å². The first-order chi connectivity index (χ1) is 9.25. The number of fused-ring (bicyclic) bond motifs is 1. The number of benzene rings is 2. The lowest BCUT2D eigenvalue weighted by Gasteiger charge is -2.08. The Balaban J connectivity index is 2.10. The van der Waals surface area contributed by atoms with E-state index in [0.29, 0.717) is 17.6 Å². The summed E-state index contributed by atoms with van der Waals surface area (Å²) in [4.78, 5) is 12.3. The maximum atomic E-state index is 12.3. The molecule has 2 aromatic carbocycles. The predicted molar refractivity (Wildman–Crippen MR) is 76.0 cm³/mol. The largest absolute Gasteiger partial charge is 0.398 e. The average Bonchev–Trinajstić information content (AvgIpc) is 2.44. The van der Waals surface area contributed by atoms with E-state index in [4.69, 9.17) is 5.73 Å². The molecular formula is C15H13N3O. The van der Waals surface area contributed by atoms with E-state index >= 15 is 0 Å². The van der Waals surface area contributed by atoms with Crippen LogP contribution in [0.1, 0.15) is 5.56 Å². The van der Waals surface area contributed by atoms with Gasteiger partial charge in [-0.1, -0.05) is 36.4 Å². The molecule has 0 saturated heterocycles. The normalized spacial score (nSPS) is 10.7. The van der Waals surface area contributed by atoms with E-state index in [-0.39, 0.29) is 5.56 Å². The molecule has 3 aromatic rings. The molecule has 0 aliphatic rings. The van der Waals surface area contributed by atoms with Gasteiger partial charge in [-0.15, -0.1) is 0 Å². The molecule has 0 unspecified atom stereocenters. The van der Waals surface area contributed by atoms with Gasteiger partial charge in [0.15, 0.2) is 0 Å². The number of nitrogens with zero attached hydrogens (tertiary/aromatic N) is 2. The summed E-state index contributed by atoms with van der Waals surface area (Å²) in [6.45, 7) is 0.385. The number of hydrogen-bond acceptors (Lipinski definition) is 3. The fraction of sp³-hybridized carbons (Fsp3) is 0.0667. The molecule has 1 heterocycles. The minimum Gasteiger partial charge on any atom is -0.398 e. The third kappa shape index (κ3) is 2.08. The highest BCUT2D eigenvalue weighted by molar-refractivity contribution is 5.80. The van der Waals surface area contributed by atoms with Crippen molar-refractivity contribution in [3.8, 4) is 0 Å². The molecule has 0 fully saturated rings. The summed E-state index contributed by atoms with van der Waals surface area (Å²) >= 11 is 0. The second-order valence-electron chi connectivity index (χ2n) is 4.39. The van der Waals surface area contributed by atoms with Gasteiger partial charge in [0.25, 0.3) is 5.56 Å². The highest BCUT2D eigenvalue weighted by Crippen LogP contribution is 2.12. The number of rotatable bonds is 2. The van der Waals surface area contributed by atoms with Gasteiger partial charge in [-0.3, -0.25) is 4.79 Å². The maximum absolute atomic E-state index is 12.3. The number of hydrogen-bond donors (Lipinski definition) is 1. The first-order valence-electron chi connectivity index (χ1n) is 6.04. The zero-order chi connectivity index (χ0) is 13.2. The summed E-state index contributed by atoms with van der Waals surface area (Å²) in [6.07, 6.45) is 1.70. The van der Waals surface area contributed by atoms with E-state index in [2.05, 4.69) is 5.10 Å². The van der Waals surface area contributed by atoms with Gasteiger partial charge in [0, 0.05) is 11.1 Å². The van der Waals surface area contributed by atoms with Crippen LogP contribution in [0.2, 0.25) is 0 Å². The Morgan fingerprint density at radius 2 is 1.79 bits per heavy atom. The van der Waals surface area contributed by atoms with Crippen molar-refractivity contribution in [1.29, 1.82) is 0 Å². The second kappa shape index (κ2) is 4.57. The summed E-state index contributed by atoms with van der Waals surface area (Å²) in [7, 11) is 0. The molecule has 0 bridgehead atoms. The molecule has 19 heavy (non-hydrogen) atoms. The number of para-hydroxylation sites is 1. The summed E-state index contributed by atoms with van der Waals surface area (Å²) in [6, 6.07) is 14.9. The lowest BCUT2D eigenvalue weighted by Crippen LogP contribution is -2.23.